The Morgan fingerprint density at radius 3 is 2.71 bits per heavy atom. The van der Waals surface area contributed by atoms with Crippen LogP contribution in [-0.2, 0) is 0 Å². The number of hydrogen-bond donors (Lipinski definition) is 1. The van der Waals surface area contributed by atoms with Gasteiger partial charge in [-0.3, -0.25) is 4.98 Å². The van der Waals surface area contributed by atoms with E-state index in [9.17, 15) is 0 Å². The lowest BCUT2D eigenvalue weighted by atomic mass is 9.92. The zero-order chi connectivity index (χ0) is 10.1. The van der Waals surface area contributed by atoms with Crippen molar-refractivity contribution in [1.82, 2.24) is 4.98 Å². The summed E-state index contributed by atoms with van der Waals surface area (Å²) >= 11 is 0. The molecule has 14 heavy (non-hydrogen) atoms. The summed E-state index contributed by atoms with van der Waals surface area (Å²) in [5.74, 6) is 1.45. The summed E-state index contributed by atoms with van der Waals surface area (Å²) in [6.45, 7) is 4.32. The van der Waals surface area contributed by atoms with E-state index in [1.807, 2.05) is 12.4 Å². The van der Waals surface area contributed by atoms with E-state index in [2.05, 4.69) is 24.9 Å². The number of rotatable bonds is 3. The molecule has 2 nitrogen and oxygen atoms in total. The van der Waals surface area contributed by atoms with E-state index in [1.54, 1.807) is 0 Å². The van der Waals surface area contributed by atoms with Crippen LogP contribution in [0.25, 0.3) is 0 Å². The quantitative estimate of drug-likeness (QED) is 0.795. The fourth-order valence-electron chi connectivity index (χ4n) is 1.98. The smallest absolute Gasteiger partial charge is 0.0338 e. The minimum absolute atomic E-state index is 0.162. The van der Waals surface area contributed by atoms with Gasteiger partial charge in [-0.05, 0) is 42.7 Å². The zero-order valence-electron chi connectivity index (χ0n) is 8.90. The summed E-state index contributed by atoms with van der Waals surface area (Å²) in [6.07, 6.45) is 6.48. The second-order valence-corrected chi connectivity index (χ2v) is 4.52. The molecule has 1 saturated carbocycles. The summed E-state index contributed by atoms with van der Waals surface area (Å²) in [7, 11) is 0. The maximum Gasteiger partial charge on any atom is 0.0338 e. The highest BCUT2D eigenvalue weighted by molar-refractivity contribution is 5.20. The molecule has 0 aromatic carbocycles. The highest BCUT2D eigenvalue weighted by atomic mass is 14.7. The minimum atomic E-state index is 0.162. The normalized spacial score (nSPS) is 20.5. The summed E-state index contributed by atoms with van der Waals surface area (Å²) in [4.78, 5) is 4.19. The Kier molecular flexibility index (Phi) is 2.55. The van der Waals surface area contributed by atoms with Crippen molar-refractivity contribution < 1.29 is 0 Å². The van der Waals surface area contributed by atoms with Crippen molar-refractivity contribution in [3.8, 4) is 0 Å². The summed E-state index contributed by atoms with van der Waals surface area (Å²) in [6, 6.07) is 2.31. The first-order valence-electron chi connectivity index (χ1n) is 5.35. The maximum atomic E-state index is 6.21. The molecule has 2 heteroatoms. The zero-order valence-corrected chi connectivity index (χ0v) is 8.90. The molecule has 0 spiro atoms. The average molecular weight is 190 g/mol. The number of pyridine rings is 1. The molecule has 1 aromatic rings. The highest BCUT2D eigenvalue weighted by Crippen LogP contribution is 2.41. The van der Waals surface area contributed by atoms with Gasteiger partial charge in [0.2, 0.25) is 0 Å². The van der Waals surface area contributed by atoms with Gasteiger partial charge in [-0.2, -0.15) is 0 Å². The third kappa shape index (κ3) is 1.95. The van der Waals surface area contributed by atoms with E-state index >= 15 is 0 Å². The van der Waals surface area contributed by atoms with Gasteiger partial charge in [0, 0.05) is 18.4 Å². The third-order valence-electron chi connectivity index (χ3n) is 3.21. The molecule has 2 N–H and O–H groups in total. The van der Waals surface area contributed by atoms with Crippen LogP contribution >= 0.6 is 0 Å². The Labute approximate surface area is 85.5 Å². The van der Waals surface area contributed by atoms with Crippen LogP contribution in [-0.4, -0.2) is 4.98 Å². The number of aromatic nitrogens is 1. The van der Waals surface area contributed by atoms with Crippen LogP contribution in [0.15, 0.2) is 18.5 Å². The monoisotopic (exact) mass is 190 g/mol. The van der Waals surface area contributed by atoms with E-state index < -0.39 is 0 Å². The Bertz CT molecular complexity index is 318. The topological polar surface area (TPSA) is 38.9 Å². The van der Waals surface area contributed by atoms with Gasteiger partial charge < -0.3 is 5.73 Å². The molecule has 1 aliphatic rings. The first-order valence-corrected chi connectivity index (χ1v) is 5.35. The largest absolute Gasteiger partial charge is 0.324 e. The standard InChI is InChI=1S/C12H18N2/c1-8-5-11(7-14-6-8)12(13)9(2)10-3-4-10/h5-7,9-10,12H,3-4,13H2,1-2H3. The van der Waals surface area contributed by atoms with Gasteiger partial charge >= 0.3 is 0 Å². The maximum absolute atomic E-state index is 6.21. The highest BCUT2D eigenvalue weighted by Gasteiger charge is 2.32. The third-order valence-corrected chi connectivity index (χ3v) is 3.21. The van der Waals surface area contributed by atoms with Crippen LogP contribution in [0.3, 0.4) is 0 Å². The molecule has 1 fully saturated rings. The Balaban J connectivity index is 2.13. The van der Waals surface area contributed by atoms with Gasteiger partial charge in [-0.15, -0.1) is 0 Å². The van der Waals surface area contributed by atoms with Crippen molar-refractivity contribution in [2.24, 2.45) is 17.6 Å². The van der Waals surface area contributed by atoms with E-state index in [0.717, 1.165) is 5.92 Å². The Morgan fingerprint density at radius 2 is 2.14 bits per heavy atom. The number of nitrogens with zero attached hydrogens (tertiary/aromatic N) is 1. The molecule has 2 atom stereocenters. The first kappa shape index (κ1) is 9.66. The van der Waals surface area contributed by atoms with Crippen molar-refractivity contribution in [3.05, 3.63) is 29.6 Å². The lowest BCUT2D eigenvalue weighted by molar-refractivity contribution is 0.416. The molecule has 2 unspecified atom stereocenters. The molecule has 0 radical (unpaired) electrons. The molecule has 1 aromatic heterocycles. The van der Waals surface area contributed by atoms with Gasteiger partial charge in [0.25, 0.3) is 0 Å². The second kappa shape index (κ2) is 3.70. The van der Waals surface area contributed by atoms with Gasteiger partial charge in [0.05, 0.1) is 0 Å². The predicted molar refractivity (Wildman–Crippen MR) is 57.8 cm³/mol. The lowest BCUT2D eigenvalue weighted by Gasteiger charge is -2.19. The average Bonchev–Trinajstić information content (AvgIpc) is 2.99. The summed E-state index contributed by atoms with van der Waals surface area (Å²) in [5, 5.41) is 0. The van der Waals surface area contributed by atoms with Crippen molar-refractivity contribution in [2.75, 3.05) is 0 Å². The SMILES string of the molecule is Cc1cncc(C(N)C(C)C2CC2)c1. The van der Waals surface area contributed by atoms with E-state index in [0.29, 0.717) is 5.92 Å². The minimum Gasteiger partial charge on any atom is -0.324 e. The molecule has 0 saturated heterocycles. The molecule has 0 aliphatic heterocycles. The lowest BCUT2D eigenvalue weighted by Crippen LogP contribution is -2.20. The predicted octanol–water partition coefficient (Wildman–Crippen LogP) is 2.44. The van der Waals surface area contributed by atoms with E-state index in [4.69, 9.17) is 5.73 Å². The van der Waals surface area contributed by atoms with Crippen LogP contribution < -0.4 is 5.73 Å². The molecule has 2 rings (SSSR count). The first-order chi connectivity index (χ1) is 6.68. The van der Waals surface area contributed by atoms with Crippen LogP contribution in [0.2, 0.25) is 0 Å². The fourth-order valence-corrected chi connectivity index (χ4v) is 1.98. The van der Waals surface area contributed by atoms with Gasteiger partial charge in [0.15, 0.2) is 0 Å². The van der Waals surface area contributed by atoms with Gasteiger partial charge in [-0.25, -0.2) is 0 Å². The molecule has 1 heterocycles. The van der Waals surface area contributed by atoms with Gasteiger partial charge in [0.1, 0.15) is 0 Å². The van der Waals surface area contributed by atoms with Crippen LogP contribution in [0, 0.1) is 18.8 Å². The van der Waals surface area contributed by atoms with Crippen molar-refractivity contribution >= 4 is 0 Å². The summed E-state index contributed by atoms with van der Waals surface area (Å²) < 4.78 is 0. The number of nitrogens with two attached hydrogens (primary N) is 1. The van der Waals surface area contributed by atoms with Crippen LogP contribution in [0.4, 0.5) is 0 Å². The Morgan fingerprint density at radius 1 is 1.43 bits per heavy atom. The molecular weight excluding hydrogens is 172 g/mol. The van der Waals surface area contributed by atoms with Crippen LogP contribution in [0.5, 0.6) is 0 Å². The second-order valence-electron chi connectivity index (χ2n) is 4.52. The summed E-state index contributed by atoms with van der Waals surface area (Å²) in [5.41, 5.74) is 8.59. The van der Waals surface area contributed by atoms with Crippen molar-refractivity contribution in [2.45, 2.75) is 32.7 Å². The molecule has 76 valence electrons. The van der Waals surface area contributed by atoms with E-state index in [1.165, 1.54) is 24.0 Å². The Hall–Kier alpha value is -0.890. The number of aryl methyl sites for hydroxylation is 1. The van der Waals surface area contributed by atoms with Crippen LogP contribution in [0.1, 0.15) is 36.9 Å². The van der Waals surface area contributed by atoms with E-state index in [-0.39, 0.29) is 6.04 Å². The fraction of sp³-hybridized carbons (Fsp3) is 0.583. The van der Waals surface area contributed by atoms with Crippen molar-refractivity contribution in [1.29, 1.82) is 0 Å². The van der Waals surface area contributed by atoms with Gasteiger partial charge in [-0.1, -0.05) is 13.0 Å². The molecule has 1 aliphatic carbocycles. The number of hydrogen-bond acceptors (Lipinski definition) is 2. The van der Waals surface area contributed by atoms with Crippen molar-refractivity contribution in [3.63, 3.8) is 0 Å². The molecule has 0 bridgehead atoms. The molecule has 0 amide bonds. The molecular formula is C12H18N2.